The van der Waals surface area contributed by atoms with Crippen LogP contribution in [0.4, 0.5) is 5.69 Å². The van der Waals surface area contributed by atoms with Crippen molar-refractivity contribution < 1.29 is 9.53 Å². The van der Waals surface area contributed by atoms with E-state index < -0.39 is 0 Å². The summed E-state index contributed by atoms with van der Waals surface area (Å²) in [7, 11) is 0. The molecule has 1 aliphatic heterocycles. The van der Waals surface area contributed by atoms with Crippen molar-refractivity contribution in [1.29, 1.82) is 0 Å². The number of nitrogens with zero attached hydrogens (tertiary/aromatic N) is 2. The zero-order chi connectivity index (χ0) is 18.5. The van der Waals surface area contributed by atoms with Crippen molar-refractivity contribution in [2.24, 2.45) is 0 Å². The van der Waals surface area contributed by atoms with Crippen LogP contribution in [0, 0.1) is 0 Å². The molecule has 1 N–H and O–H groups in total. The average molecular weight is 379 g/mol. The van der Waals surface area contributed by atoms with Crippen molar-refractivity contribution in [2.45, 2.75) is 6.54 Å². The standard InChI is InChI=1S/C21H21N3O2S/c25-20(23-19-7-5-18(6-8-19)21-22-9-14-27-21)17-3-1-16(2-4-17)15-24-10-12-26-13-11-24/h1-9,14H,10-13,15H2,(H,23,25). The van der Waals surface area contributed by atoms with E-state index in [9.17, 15) is 4.79 Å². The van der Waals surface area contributed by atoms with E-state index in [0.29, 0.717) is 5.56 Å². The summed E-state index contributed by atoms with van der Waals surface area (Å²) < 4.78 is 5.38. The lowest BCUT2D eigenvalue weighted by Crippen LogP contribution is -2.35. The van der Waals surface area contributed by atoms with E-state index in [2.05, 4.69) is 15.2 Å². The summed E-state index contributed by atoms with van der Waals surface area (Å²) in [5.74, 6) is -0.102. The van der Waals surface area contributed by atoms with Crippen molar-refractivity contribution >= 4 is 22.9 Å². The highest BCUT2D eigenvalue weighted by Gasteiger charge is 2.11. The van der Waals surface area contributed by atoms with Crippen molar-refractivity contribution in [3.8, 4) is 10.6 Å². The number of amides is 1. The molecule has 0 aliphatic carbocycles. The lowest BCUT2D eigenvalue weighted by Gasteiger charge is -2.26. The van der Waals surface area contributed by atoms with Gasteiger partial charge < -0.3 is 10.1 Å². The number of hydrogen-bond acceptors (Lipinski definition) is 5. The Bertz CT molecular complexity index is 871. The normalized spacial score (nSPS) is 14.8. The highest BCUT2D eigenvalue weighted by Crippen LogP contribution is 2.23. The van der Waals surface area contributed by atoms with Gasteiger partial charge in [0.25, 0.3) is 5.91 Å². The predicted octanol–water partition coefficient (Wildman–Crippen LogP) is 3.89. The molecule has 0 unspecified atom stereocenters. The van der Waals surface area contributed by atoms with Gasteiger partial charge in [0.15, 0.2) is 0 Å². The minimum Gasteiger partial charge on any atom is -0.379 e. The minimum atomic E-state index is -0.102. The molecule has 138 valence electrons. The van der Waals surface area contributed by atoms with E-state index in [1.54, 1.807) is 17.5 Å². The maximum absolute atomic E-state index is 12.5. The molecule has 1 aromatic heterocycles. The maximum Gasteiger partial charge on any atom is 0.255 e. The first-order valence-electron chi connectivity index (χ1n) is 8.98. The topological polar surface area (TPSA) is 54.5 Å². The van der Waals surface area contributed by atoms with Gasteiger partial charge in [-0.1, -0.05) is 12.1 Å². The van der Waals surface area contributed by atoms with Crippen LogP contribution in [0.1, 0.15) is 15.9 Å². The fraction of sp³-hybridized carbons (Fsp3) is 0.238. The van der Waals surface area contributed by atoms with Crippen LogP contribution in [0.5, 0.6) is 0 Å². The van der Waals surface area contributed by atoms with Crippen LogP contribution in [0.15, 0.2) is 60.1 Å². The Morgan fingerprint density at radius 3 is 2.48 bits per heavy atom. The molecule has 5 nitrogen and oxygen atoms in total. The maximum atomic E-state index is 12.5. The number of nitrogens with one attached hydrogen (secondary N) is 1. The number of hydrogen-bond donors (Lipinski definition) is 1. The number of aromatic nitrogens is 1. The molecule has 1 fully saturated rings. The molecule has 2 aromatic carbocycles. The van der Waals surface area contributed by atoms with Crippen LogP contribution in [0.25, 0.3) is 10.6 Å². The predicted molar refractivity (Wildman–Crippen MR) is 108 cm³/mol. The van der Waals surface area contributed by atoms with Gasteiger partial charge in [-0.15, -0.1) is 11.3 Å². The van der Waals surface area contributed by atoms with E-state index in [-0.39, 0.29) is 5.91 Å². The molecule has 6 heteroatoms. The Balaban J connectivity index is 1.36. The van der Waals surface area contributed by atoms with Gasteiger partial charge in [0.1, 0.15) is 5.01 Å². The SMILES string of the molecule is O=C(Nc1ccc(-c2nccs2)cc1)c1ccc(CN2CCOCC2)cc1. The Morgan fingerprint density at radius 1 is 1.07 bits per heavy atom. The lowest BCUT2D eigenvalue weighted by molar-refractivity contribution is 0.0342. The number of morpholine rings is 1. The first-order chi connectivity index (χ1) is 13.3. The summed E-state index contributed by atoms with van der Waals surface area (Å²) >= 11 is 1.60. The van der Waals surface area contributed by atoms with Gasteiger partial charge in [-0.25, -0.2) is 4.98 Å². The Morgan fingerprint density at radius 2 is 1.81 bits per heavy atom. The van der Waals surface area contributed by atoms with Gasteiger partial charge in [-0.2, -0.15) is 0 Å². The van der Waals surface area contributed by atoms with E-state index in [1.165, 1.54) is 5.56 Å². The lowest BCUT2D eigenvalue weighted by atomic mass is 10.1. The number of anilines is 1. The molecule has 1 saturated heterocycles. The van der Waals surface area contributed by atoms with Gasteiger partial charge in [0.05, 0.1) is 13.2 Å². The zero-order valence-corrected chi connectivity index (χ0v) is 15.7. The van der Waals surface area contributed by atoms with E-state index in [1.807, 2.05) is 53.9 Å². The second kappa shape index (κ2) is 8.43. The molecular formula is C21H21N3O2S. The second-order valence-electron chi connectivity index (χ2n) is 6.45. The van der Waals surface area contributed by atoms with Gasteiger partial charge in [0.2, 0.25) is 0 Å². The first kappa shape index (κ1) is 17.9. The summed E-state index contributed by atoms with van der Waals surface area (Å²) in [6.07, 6.45) is 1.79. The monoisotopic (exact) mass is 379 g/mol. The van der Waals surface area contributed by atoms with Crippen molar-refractivity contribution in [3.05, 3.63) is 71.2 Å². The summed E-state index contributed by atoms with van der Waals surface area (Å²) in [6.45, 7) is 4.39. The van der Waals surface area contributed by atoms with Crippen LogP contribution >= 0.6 is 11.3 Å². The number of ether oxygens (including phenoxy) is 1. The Kier molecular flexibility index (Phi) is 5.58. The molecule has 4 rings (SSSR count). The van der Waals surface area contributed by atoms with Crippen molar-refractivity contribution in [2.75, 3.05) is 31.6 Å². The number of carbonyl (C=O) groups excluding carboxylic acids is 1. The summed E-state index contributed by atoms with van der Waals surface area (Å²) in [6, 6.07) is 15.6. The summed E-state index contributed by atoms with van der Waals surface area (Å²) in [5.41, 5.74) is 3.69. The number of thiazole rings is 1. The smallest absolute Gasteiger partial charge is 0.255 e. The van der Waals surface area contributed by atoms with Gasteiger partial charge in [-0.3, -0.25) is 9.69 Å². The zero-order valence-electron chi connectivity index (χ0n) is 14.9. The third-order valence-corrected chi connectivity index (χ3v) is 5.37. The van der Waals surface area contributed by atoms with E-state index in [0.717, 1.165) is 49.1 Å². The molecule has 0 bridgehead atoms. The van der Waals surface area contributed by atoms with Crippen LogP contribution in [-0.2, 0) is 11.3 Å². The van der Waals surface area contributed by atoms with Crippen LogP contribution < -0.4 is 5.32 Å². The first-order valence-corrected chi connectivity index (χ1v) is 9.86. The quantitative estimate of drug-likeness (QED) is 0.731. The number of carbonyl (C=O) groups is 1. The second-order valence-corrected chi connectivity index (χ2v) is 7.35. The molecule has 0 spiro atoms. The molecule has 0 radical (unpaired) electrons. The van der Waals surface area contributed by atoms with Crippen molar-refractivity contribution in [1.82, 2.24) is 9.88 Å². The van der Waals surface area contributed by atoms with Gasteiger partial charge >= 0.3 is 0 Å². The highest BCUT2D eigenvalue weighted by molar-refractivity contribution is 7.13. The van der Waals surface area contributed by atoms with Gasteiger partial charge in [-0.05, 0) is 42.0 Å². The van der Waals surface area contributed by atoms with Crippen molar-refractivity contribution in [3.63, 3.8) is 0 Å². The van der Waals surface area contributed by atoms with Crippen LogP contribution in [-0.4, -0.2) is 42.1 Å². The summed E-state index contributed by atoms with van der Waals surface area (Å²) in [5, 5.41) is 5.88. The Labute approximate surface area is 162 Å². The van der Waals surface area contributed by atoms with Crippen LogP contribution in [0.2, 0.25) is 0 Å². The van der Waals surface area contributed by atoms with Gasteiger partial charge in [0, 0.05) is 48.0 Å². The average Bonchev–Trinajstić information content (AvgIpc) is 3.25. The molecule has 0 atom stereocenters. The third-order valence-electron chi connectivity index (χ3n) is 4.55. The number of rotatable bonds is 5. The fourth-order valence-corrected chi connectivity index (χ4v) is 3.69. The molecule has 2 heterocycles. The Hall–Kier alpha value is -2.54. The third kappa shape index (κ3) is 4.60. The molecule has 1 amide bonds. The minimum absolute atomic E-state index is 0.102. The van der Waals surface area contributed by atoms with E-state index in [4.69, 9.17) is 4.74 Å². The fourth-order valence-electron chi connectivity index (χ4n) is 3.04. The number of benzene rings is 2. The van der Waals surface area contributed by atoms with Crippen LogP contribution in [0.3, 0.4) is 0 Å². The molecule has 3 aromatic rings. The molecule has 0 saturated carbocycles. The van der Waals surface area contributed by atoms with E-state index >= 15 is 0 Å². The molecule has 27 heavy (non-hydrogen) atoms. The highest BCUT2D eigenvalue weighted by atomic mass is 32.1. The molecular weight excluding hydrogens is 358 g/mol. The summed E-state index contributed by atoms with van der Waals surface area (Å²) in [4.78, 5) is 19.1. The molecule has 1 aliphatic rings. The largest absolute Gasteiger partial charge is 0.379 e.